The van der Waals surface area contributed by atoms with Crippen molar-refractivity contribution in [1.82, 2.24) is 4.90 Å². The largest absolute Gasteiger partial charge is 0.395 e. The lowest BCUT2D eigenvalue weighted by Crippen LogP contribution is -2.46. The van der Waals surface area contributed by atoms with Crippen LogP contribution >= 0.6 is 12.4 Å². The second-order valence-electron chi connectivity index (χ2n) is 10.4. The smallest absolute Gasteiger partial charge is 0.0528 e. The van der Waals surface area contributed by atoms with Crippen LogP contribution in [0.25, 0.3) is 0 Å². The molecule has 2 nitrogen and oxygen atoms in total. The van der Waals surface area contributed by atoms with Gasteiger partial charge in [0.25, 0.3) is 0 Å². The molecule has 0 saturated carbocycles. The Kier molecular flexibility index (Phi) is 8.87. The molecular formula is C34H38ClNO. The number of aliphatic hydroxyl groups excluding tert-OH is 1. The maximum atomic E-state index is 10.4. The first-order chi connectivity index (χ1) is 17.7. The van der Waals surface area contributed by atoms with Gasteiger partial charge in [0.15, 0.2) is 0 Å². The number of likely N-dealkylation sites (tertiary alicyclic amines) is 1. The van der Waals surface area contributed by atoms with Crippen molar-refractivity contribution in [2.75, 3.05) is 26.2 Å². The van der Waals surface area contributed by atoms with E-state index in [1.807, 2.05) is 0 Å². The van der Waals surface area contributed by atoms with Crippen LogP contribution in [0.1, 0.15) is 47.1 Å². The number of benzene rings is 4. The number of halogens is 1. The first-order valence-corrected chi connectivity index (χ1v) is 13.2. The minimum atomic E-state index is -0.221. The van der Waals surface area contributed by atoms with Gasteiger partial charge < -0.3 is 10.0 Å². The van der Waals surface area contributed by atoms with Crippen molar-refractivity contribution in [2.45, 2.75) is 37.0 Å². The Morgan fingerprint density at radius 2 is 1.14 bits per heavy atom. The van der Waals surface area contributed by atoms with E-state index in [1.165, 1.54) is 27.8 Å². The molecule has 4 aromatic carbocycles. The molecule has 0 aromatic heterocycles. The van der Waals surface area contributed by atoms with Gasteiger partial charge >= 0.3 is 0 Å². The molecule has 0 aliphatic carbocycles. The van der Waals surface area contributed by atoms with Crippen molar-refractivity contribution in [2.24, 2.45) is 0 Å². The van der Waals surface area contributed by atoms with E-state index in [4.69, 9.17) is 0 Å². The Balaban J connectivity index is 0.00000320. The van der Waals surface area contributed by atoms with Crippen molar-refractivity contribution >= 4 is 12.4 Å². The van der Waals surface area contributed by atoms with E-state index in [2.05, 4.69) is 127 Å². The van der Waals surface area contributed by atoms with Crippen molar-refractivity contribution in [3.63, 3.8) is 0 Å². The van der Waals surface area contributed by atoms with Gasteiger partial charge in [0, 0.05) is 10.8 Å². The SMILES string of the molecule is Cc1ccc(C(CCN2CCC(CO)(c3ccccc3)CC2)(c2ccccc2)c2ccccc2)cc1.Cl. The molecule has 0 radical (unpaired) electrons. The maximum Gasteiger partial charge on any atom is 0.0528 e. The molecule has 1 fully saturated rings. The van der Waals surface area contributed by atoms with Gasteiger partial charge in [-0.15, -0.1) is 12.4 Å². The van der Waals surface area contributed by atoms with Crippen LogP contribution in [0.4, 0.5) is 0 Å². The summed E-state index contributed by atoms with van der Waals surface area (Å²) in [6.07, 6.45) is 2.98. The highest BCUT2D eigenvalue weighted by Crippen LogP contribution is 2.43. The normalized spacial score (nSPS) is 15.6. The summed E-state index contributed by atoms with van der Waals surface area (Å²) in [6, 6.07) is 41.7. The number of hydrogen-bond acceptors (Lipinski definition) is 2. The predicted octanol–water partition coefficient (Wildman–Crippen LogP) is 7.17. The number of rotatable bonds is 8. The van der Waals surface area contributed by atoms with E-state index in [0.717, 1.165) is 38.9 Å². The first kappa shape index (κ1) is 27.1. The number of aryl methyl sites for hydroxylation is 1. The van der Waals surface area contributed by atoms with Crippen LogP contribution in [0.5, 0.6) is 0 Å². The van der Waals surface area contributed by atoms with Gasteiger partial charge in [-0.05, 0) is 68.1 Å². The minimum absolute atomic E-state index is 0. The van der Waals surface area contributed by atoms with Gasteiger partial charge in [0.2, 0.25) is 0 Å². The molecule has 3 heteroatoms. The zero-order valence-electron chi connectivity index (χ0n) is 21.7. The summed E-state index contributed by atoms with van der Waals surface area (Å²) in [4.78, 5) is 2.60. The molecule has 1 heterocycles. The van der Waals surface area contributed by atoms with Crippen LogP contribution in [-0.2, 0) is 10.8 Å². The molecule has 1 N–H and O–H groups in total. The third-order valence-electron chi connectivity index (χ3n) is 8.38. The zero-order valence-corrected chi connectivity index (χ0v) is 22.5. The number of piperidine rings is 1. The highest BCUT2D eigenvalue weighted by molar-refractivity contribution is 5.85. The molecule has 4 aromatic rings. The van der Waals surface area contributed by atoms with E-state index in [-0.39, 0.29) is 29.8 Å². The monoisotopic (exact) mass is 511 g/mol. The van der Waals surface area contributed by atoms with Crippen LogP contribution in [0, 0.1) is 6.92 Å². The Morgan fingerprint density at radius 3 is 1.62 bits per heavy atom. The van der Waals surface area contributed by atoms with Crippen LogP contribution in [0.3, 0.4) is 0 Å². The Morgan fingerprint density at radius 1 is 0.676 bits per heavy atom. The van der Waals surface area contributed by atoms with Crippen LogP contribution < -0.4 is 0 Å². The summed E-state index contributed by atoms with van der Waals surface area (Å²) >= 11 is 0. The highest BCUT2D eigenvalue weighted by atomic mass is 35.5. The molecule has 1 aliphatic rings. The fourth-order valence-electron chi connectivity index (χ4n) is 6.08. The third kappa shape index (κ3) is 5.52. The molecular weight excluding hydrogens is 474 g/mol. The topological polar surface area (TPSA) is 23.5 Å². The number of hydrogen-bond donors (Lipinski definition) is 1. The van der Waals surface area contributed by atoms with Crippen molar-refractivity contribution in [3.8, 4) is 0 Å². The van der Waals surface area contributed by atoms with Crippen molar-refractivity contribution in [3.05, 3.63) is 143 Å². The molecule has 192 valence electrons. The summed E-state index contributed by atoms with van der Waals surface area (Å²) in [5, 5.41) is 10.4. The van der Waals surface area contributed by atoms with Gasteiger partial charge in [-0.2, -0.15) is 0 Å². The van der Waals surface area contributed by atoms with Crippen molar-refractivity contribution in [1.29, 1.82) is 0 Å². The van der Waals surface area contributed by atoms with E-state index in [1.54, 1.807) is 0 Å². The first-order valence-electron chi connectivity index (χ1n) is 13.2. The Hall–Kier alpha value is -2.91. The second kappa shape index (κ2) is 12.1. The van der Waals surface area contributed by atoms with Gasteiger partial charge in [0.1, 0.15) is 0 Å². The summed E-state index contributed by atoms with van der Waals surface area (Å²) in [7, 11) is 0. The fourth-order valence-corrected chi connectivity index (χ4v) is 6.08. The molecule has 5 rings (SSSR count). The van der Waals surface area contributed by atoms with Crippen LogP contribution in [0.15, 0.2) is 115 Å². The molecule has 0 atom stereocenters. The summed E-state index contributed by atoms with van der Waals surface area (Å²) in [6.45, 7) is 5.39. The highest BCUT2D eigenvalue weighted by Gasteiger charge is 2.39. The number of aliphatic hydroxyl groups is 1. The maximum absolute atomic E-state index is 10.4. The molecule has 37 heavy (non-hydrogen) atoms. The fraction of sp³-hybridized carbons (Fsp3) is 0.294. The van der Waals surface area contributed by atoms with E-state index >= 15 is 0 Å². The standard InChI is InChI=1S/C34H37NO.ClH/c1-28-17-19-32(20-18-28)34(30-13-7-3-8-14-30,31-15-9-4-10-16-31)23-26-35-24-21-33(27-36,22-25-35)29-11-5-2-6-12-29;/h2-20,36H,21-27H2,1H3;1H. The molecule has 1 aliphatic heterocycles. The molecule has 0 bridgehead atoms. The predicted molar refractivity (Wildman–Crippen MR) is 157 cm³/mol. The zero-order chi connectivity index (χ0) is 24.8. The summed E-state index contributed by atoms with van der Waals surface area (Å²) < 4.78 is 0. The van der Waals surface area contributed by atoms with Crippen LogP contribution in [-0.4, -0.2) is 36.2 Å². The second-order valence-corrected chi connectivity index (χ2v) is 10.4. The van der Waals surface area contributed by atoms with E-state index < -0.39 is 0 Å². The molecule has 0 unspecified atom stereocenters. The van der Waals surface area contributed by atoms with Crippen LogP contribution in [0.2, 0.25) is 0 Å². The lowest BCUT2D eigenvalue weighted by molar-refractivity contribution is 0.0983. The van der Waals surface area contributed by atoms with Gasteiger partial charge in [-0.1, -0.05) is 121 Å². The molecule has 1 saturated heterocycles. The number of nitrogens with zero attached hydrogens (tertiary/aromatic N) is 1. The molecule has 0 amide bonds. The Labute approximate surface area is 228 Å². The summed E-state index contributed by atoms with van der Waals surface area (Å²) in [5.41, 5.74) is 6.24. The average Bonchev–Trinajstić information content (AvgIpc) is 2.96. The van der Waals surface area contributed by atoms with Crippen molar-refractivity contribution < 1.29 is 5.11 Å². The van der Waals surface area contributed by atoms with Gasteiger partial charge in [-0.25, -0.2) is 0 Å². The van der Waals surface area contributed by atoms with Gasteiger partial charge in [-0.3, -0.25) is 0 Å². The van der Waals surface area contributed by atoms with E-state index in [9.17, 15) is 5.11 Å². The third-order valence-corrected chi connectivity index (χ3v) is 8.38. The van der Waals surface area contributed by atoms with Gasteiger partial charge in [0.05, 0.1) is 6.61 Å². The minimum Gasteiger partial charge on any atom is -0.395 e. The quantitative estimate of drug-likeness (QED) is 0.253. The molecule has 0 spiro atoms. The Bertz CT molecular complexity index is 1180. The lowest BCUT2D eigenvalue weighted by Gasteiger charge is -2.43. The average molecular weight is 512 g/mol. The lowest BCUT2D eigenvalue weighted by atomic mass is 9.67. The summed E-state index contributed by atoms with van der Waals surface area (Å²) in [5.74, 6) is 0. The van der Waals surface area contributed by atoms with E-state index in [0.29, 0.717) is 0 Å².